The second kappa shape index (κ2) is 23.7. The minimum absolute atomic E-state index is 0.0330. The van der Waals surface area contributed by atoms with Gasteiger partial charge >= 0.3 is 0 Å². The highest BCUT2D eigenvalue weighted by molar-refractivity contribution is 5.99. The van der Waals surface area contributed by atoms with Gasteiger partial charge in [0, 0.05) is 19.6 Å². The summed E-state index contributed by atoms with van der Waals surface area (Å²) < 4.78 is 0. The molecule has 4 fully saturated rings. The highest BCUT2D eigenvalue weighted by Gasteiger charge is 2.53. The number of hydrogen-bond acceptors (Lipinski definition) is 12. The van der Waals surface area contributed by atoms with Gasteiger partial charge in [-0.05, 0) is 50.4 Å². The van der Waals surface area contributed by atoms with Crippen molar-refractivity contribution in [1.29, 1.82) is 0 Å². The van der Waals surface area contributed by atoms with Gasteiger partial charge < -0.3 is 63.0 Å². The molecule has 24 nitrogen and oxygen atoms in total. The zero-order chi connectivity index (χ0) is 46.1. The summed E-state index contributed by atoms with van der Waals surface area (Å²) in [4.78, 5) is 158. The van der Waals surface area contributed by atoms with E-state index in [1.807, 2.05) is 13.8 Å². The molecule has 0 aromatic carbocycles. The predicted octanol–water partition coefficient (Wildman–Crippen LogP) is -5.88. The lowest BCUT2D eigenvalue weighted by Gasteiger charge is -2.39. The van der Waals surface area contributed by atoms with Crippen LogP contribution in [0.3, 0.4) is 0 Å². The number of amides is 12. The van der Waals surface area contributed by atoms with Crippen LogP contribution in [0.1, 0.15) is 71.6 Å². The third-order valence-electron chi connectivity index (χ3n) is 11.6. The Hall–Kier alpha value is -6.36. The normalized spacial score (nSPS) is 27.2. The molecule has 5 atom stereocenters. The zero-order valence-electron chi connectivity index (χ0n) is 35.7. The Labute approximate surface area is 364 Å². The molecule has 1 aliphatic carbocycles. The average molecular weight is 889 g/mol. The van der Waals surface area contributed by atoms with Gasteiger partial charge in [-0.3, -0.25) is 57.5 Å². The van der Waals surface area contributed by atoms with Crippen LogP contribution in [0.5, 0.6) is 0 Å². The molecule has 1 spiro atoms. The summed E-state index contributed by atoms with van der Waals surface area (Å²) >= 11 is 0. The van der Waals surface area contributed by atoms with Crippen LogP contribution in [-0.2, 0) is 57.5 Å². The Morgan fingerprint density at radius 1 is 0.587 bits per heavy atom. The first-order chi connectivity index (χ1) is 30.0. The maximum Gasteiger partial charge on any atom is 0.246 e. The van der Waals surface area contributed by atoms with Crippen molar-refractivity contribution in [2.75, 3.05) is 72.0 Å². The van der Waals surface area contributed by atoms with Crippen LogP contribution in [0.4, 0.5) is 0 Å². The van der Waals surface area contributed by atoms with Crippen molar-refractivity contribution in [3.63, 3.8) is 0 Å². The molecule has 4 unspecified atom stereocenters. The molecule has 0 aromatic heterocycles. The summed E-state index contributed by atoms with van der Waals surface area (Å²) in [5, 5.41) is 24.2. The second-order valence-electron chi connectivity index (χ2n) is 16.1. The Bertz CT molecular complexity index is 1790. The van der Waals surface area contributed by atoms with Gasteiger partial charge in [0.15, 0.2) is 0 Å². The molecule has 24 heteroatoms. The van der Waals surface area contributed by atoms with Gasteiger partial charge in [0.2, 0.25) is 70.9 Å². The van der Waals surface area contributed by atoms with Crippen LogP contribution in [0, 0.1) is 11.8 Å². The second-order valence-corrected chi connectivity index (χ2v) is 16.1. The number of likely N-dealkylation sites (tertiary alicyclic amines) is 1. The lowest BCUT2D eigenvalue weighted by molar-refractivity contribution is -0.142. The molecule has 0 radical (unpaired) electrons. The Morgan fingerprint density at radius 2 is 1.06 bits per heavy atom. The first-order valence-electron chi connectivity index (χ1n) is 21.4. The smallest absolute Gasteiger partial charge is 0.246 e. The molecule has 10 N–H and O–H groups in total. The van der Waals surface area contributed by atoms with Crippen LogP contribution >= 0.6 is 0 Å². The molecular weight excluding hydrogens is 829 g/mol. The first kappa shape index (κ1) is 49.3. The van der Waals surface area contributed by atoms with Crippen LogP contribution in [0.2, 0.25) is 0 Å². The number of rotatable bonds is 3. The standard InChI is InChI=1S/C39H60N12O12/c1-3-23(2)24-8-6-10-39(24)38(63)47-21-34(59)48-25(37(62)50-11-4-5-12-50)14-27(52)40-15-28(53)41-16-29(54)42-17-30(55)43-18-31(56)44-19-32(57)45-20-33(58)46-22-35(60)51-13-7-9-26(51)36(61)49-39/h23-26H,3-22H2,1-2H3,(H,40,52)(H,41,53)(H,42,54)(H,43,55)(H,44,56)(H,45,57)(H,46,58)(H,47,63)(H,48,59)(H,49,61)/t23-,24?,25?,26?,39?/m0/s1. The van der Waals surface area contributed by atoms with Crippen molar-refractivity contribution in [1.82, 2.24) is 63.0 Å². The predicted molar refractivity (Wildman–Crippen MR) is 219 cm³/mol. The summed E-state index contributed by atoms with van der Waals surface area (Å²) in [7, 11) is 0. The van der Waals surface area contributed by atoms with Gasteiger partial charge in [-0.25, -0.2) is 0 Å². The number of carbonyl (C=O) groups excluding carboxylic acids is 12. The molecule has 3 aliphatic heterocycles. The molecule has 348 valence electrons. The van der Waals surface area contributed by atoms with Gasteiger partial charge in [-0.15, -0.1) is 0 Å². The summed E-state index contributed by atoms with van der Waals surface area (Å²) in [5.41, 5.74) is -1.45. The third kappa shape index (κ3) is 14.6. The maximum atomic E-state index is 14.2. The van der Waals surface area contributed by atoms with E-state index in [9.17, 15) is 57.5 Å². The van der Waals surface area contributed by atoms with Crippen molar-refractivity contribution in [3.8, 4) is 0 Å². The van der Waals surface area contributed by atoms with E-state index in [0.29, 0.717) is 38.8 Å². The third-order valence-corrected chi connectivity index (χ3v) is 11.6. The van der Waals surface area contributed by atoms with Gasteiger partial charge in [-0.1, -0.05) is 26.7 Å². The average Bonchev–Trinajstić information content (AvgIpc) is 4.07. The summed E-state index contributed by atoms with van der Waals surface area (Å²) in [6.07, 6.45) is 3.75. The van der Waals surface area contributed by atoms with E-state index < -0.39 is 147 Å². The molecule has 0 aromatic rings. The highest BCUT2D eigenvalue weighted by atomic mass is 16.2. The molecule has 3 heterocycles. The number of hydrogen-bond donors (Lipinski definition) is 10. The van der Waals surface area contributed by atoms with Gasteiger partial charge in [-0.2, -0.15) is 0 Å². The minimum Gasteiger partial charge on any atom is -0.347 e. The van der Waals surface area contributed by atoms with Gasteiger partial charge in [0.05, 0.1) is 58.8 Å². The number of fused-ring (bicyclic) bond motifs is 1. The Kier molecular flexibility index (Phi) is 18.6. The highest BCUT2D eigenvalue weighted by Crippen LogP contribution is 2.42. The van der Waals surface area contributed by atoms with Crippen molar-refractivity contribution in [2.45, 2.75) is 89.3 Å². The monoisotopic (exact) mass is 888 g/mol. The van der Waals surface area contributed by atoms with Crippen LogP contribution in [0.25, 0.3) is 0 Å². The lowest BCUT2D eigenvalue weighted by Crippen LogP contribution is -2.65. The Balaban J connectivity index is 1.50. The summed E-state index contributed by atoms with van der Waals surface area (Å²) in [6, 6.07) is -2.33. The fourth-order valence-corrected chi connectivity index (χ4v) is 8.13. The number of nitrogens with zero attached hydrogens (tertiary/aromatic N) is 2. The van der Waals surface area contributed by atoms with E-state index in [0.717, 1.165) is 12.8 Å². The van der Waals surface area contributed by atoms with Crippen LogP contribution in [0.15, 0.2) is 0 Å². The largest absolute Gasteiger partial charge is 0.347 e. The van der Waals surface area contributed by atoms with Gasteiger partial charge in [0.25, 0.3) is 0 Å². The van der Waals surface area contributed by atoms with E-state index in [4.69, 9.17) is 0 Å². The molecule has 63 heavy (non-hydrogen) atoms. The lowest BCUT2D eigenvalue weighted by atomic mass is 9.76. The molecule has 4 aliphatic rings. The van der Waals surface area contributed by atoms with Crippen molar-refractivity contribution < 1.29 is 57.5 Å². The van der Waals surface area contributed by atoms with Crippen LogP contribution in [-0.4, -0.2) is 170 Å². The molecular formula is C39H60N12O12. The molecule has 4 rings (SSSR count). The van der Waals surface area contributed by atoms with E-state index >= 15 is 0 Å². The summed E-state index contributed by atoms with van der Waals surface area (Å²) in [5.74, 6) is -8.83. The number of nitrogens with one attached hydrogen (secondary N) is 10. The topological polar surface area (TPSA) is 332 Å². The first-order valence-corrected chi connectivity index (χ1v) is 21.4. The van der Waals surface area contributed by atoms with E-state index in [2.05, 4.69) is 53.2 Å². The molecule has 12 amide bonds. The van der Waals surface area contributed by atoms with Crippen molar-refractivity contribution in [2.24, 2.45) is 11.8 Å². The van der Waals surface area contributed by atoms with E-state index in [1.165, 1.54) is 9.80 Å². The van der Waals surface area contributed by atoms with Crippen molar-refractivity contribution >= 4 is 70.9 Å². The molecule has 1 saturated carbocycles. The van der Waals surface area contributed by atoms with E-state index in [1.54, 1.807) is 0 Å². The van der Waals surface area contributed by atoms with E-state index in [-0.39, 0.29) is 31.2 Å². The van der Waals surface area contributed by atoms with Crippen molar-refractivity contribution in [3.05, 3.63) is 0 Å². The molecule has 0 bridgehead atoms. The SMILES string of the molecule is CC[C@H](C)C1CCCC12NC(=O)C1CCCN1C(=O)CNC(=O)CNC(=O)CNC(=O)CNC(=O)CNC(=O)CNC(=O)CNC(=O)CC(C(=O)N1CCCC1)NC(=O)CNC2=O. The maximum absolute atomic E-state index is 14.2. The quantitative estimate of drug-likeness (QED) is 0.127. The zero-order valence-corrected chi connectivity index (χ0v) is 35.7. The fraction of sp³-hybridized carbons (Fsp3) is 0.692. The van der Waals surface area contributed by atoms with Gasteiger partial charge in [0.1, 0.15) is 17.6 Å². The Morgan fingerprint density at radius 3 is 1.57 bits per heavy atom. The van der Waals surface area contributed by atoms with Crippen LogP contribution < -0.4 is 53.2 Å². The number of carbonyl (C=O) groups is 12. The molecule has 3 saturated heterocycles. The summed E-state index contributed by atoms with van der Waals surface area (Å²) in [6.45, 7) is 0.437. The minimum atomic E-state index is -1.45. The fourth-order valence-electron chi connectivity index (χ4n) is 8.13.